The first-order valence-electron chi connectivity index (χ1n) is 7.91. The zero-order chi connectivity index (χ0) is 16.9. The molecule has 0 spiro atoms. The number of benzene rings is 1. The topological polar surface area (TPSA) is 45.7 Å². The summed E-state index contributed by atoms with van der Waals surface area (Å²) in [6.07, 6.45) is 3.10. The van der Waals surface area contributed by atoms with Gasteiger partial charge in [0.2, 0.25) is 0 Å². The number of methoxy groups -OCH3 is 1. The number of hydrogen-bond acceptors (Lipinski definition) is 4. The Hall–Kier alpha value is -2.11. The van der Waals surface area contributed by atoms with Crippen LogP contribution in [0.5, 0.6) is 5.75 Å². The van der Waals surface area contributed by atoms with Gasteiger partial charge in [0, 0.05) is 45.1 Å². The van der Waals surface area contributed by atoms with E-state index < -0.39 is 0 Å². The Morgan fingerprint density at radius 3 is 2.50 bits per heavy atom. The molecule has 24 heavy (non-hydrogen) atoms. The van der Waals surface area contributed by atoms with Gasteiger partial charge >= 0.3 is 0 Å². The highest BCUT2D eigenvalue weighted by atomic mass is 35.5. The Morgan fingerprint density at radius 1 is 1.17 bits per heavy atom. The van der Waals surface area contributed by atoms with Crippen LogP contribution in [0.15, 0.2) is 42.7 Å². The van der Waals surface area contributed by atoms with Crippen LogP contribution in [0.25, 0.3) is 0 Å². The number of carbonyl (C=O) groups excluding carboxylic acids is 1. The summed E-state index contributed by atoms with van der Waals surface area (Å²) < 4.78 is 5.18. The minimum atomic E-state index is -0.0218. The molecule has 1 fully saturated rings. The molecule has 0 radical (unpaired) electrons. The van der Waals surface area contributed by atoms with E-state index in [0.717, 1.165) is 25.4 Å². The second kappa shape index (κ2) is 7.64. The van der Waals surface area contributed by atoms with E-state index in [2.05, 4.69) is 22.0 Å². The Kier molecular flexibility index (Phi) is 5.33. The Morgan fingerprint density at radius 2 is 1.88 bits per heavy atom. The largest absolute Gasteiger partial charge is 0.497 e. The maximum absolute atomic E-state index is 12.5. The van der Waals surface area contributed by atoms with Crippen LogP contribution in [0.2, 0.25) is 5.02 Å². The highest BCUT2D eigenvalue weighted by Gasteiger charge is 2.23. The van der Waals surface area contributed by atoms with Gasteiger partial charge < -0.3 is 9.64 Å². The van der Waals surface area contributed by atoms with Crippen LogP contribution in [-0.2, 0) is 6.54 Å². The molecule has 0 atom stereocenters. The lowest BCUT2D eigenvalue weighted by Gasteiger charge is -2.35. The summed E-state index contributed by atoms with van der Waals surface area (Å²) in [4.78, 5) is 20.7. The van der Waals surface area contributed by atoms with Crippen molar-refractivity contribution in [3.8, 4) is 5.75 Å². The van der Waals surface area contributed by atoms with Crippen molar-refractivity contribution in [2.75, 3.05) is 33.3 Å². The Bertz CT molecular complexity index is 698. The van der Waals surface area contributed by atoms with Gasteiger partial charge in [0.1, 0.15) is 5.75 Å². The number of piperazine rings is 1. The number of halogens is 1. The van der Waals surface area contributed by atoms with Crippen LogP contribution in [0.3, 0.4) is 0 Å². The van der Waals surface area contributed by atoms with Crippen LogP contribution in [-0.4, -0.2) is 54.0 Å². The van der Waals surface area contributed by atoms with Gasteiger partial charge in [-0.25, -0.2) is 0 Å². The maximum atomic E-state index is 12.5. The van der Waals surface area contributed by atoms with E-state index in [1.807, 2.05) is 17.0 Å². The second-order valence-corrected chi connectivity index (χ2v) is 6.18. The summed E-state index contributed by atoms with van der Waals surface area (Å²) in [6, 6.07) is 9.77. The minimum Gasteiger partial charge on any atom is -0.497 e. The minimum absolute atomic E-state index is 0.0218. The van der Waals surface area contributed by atoms with Crippen molar-refractivity contribution in [3.05, 3.63) is 58.9 Å². The molecule has 1 aliphatic rings. The zero-order valence-corrected chi connectivity index (χ0v) is 14.4. The smallest absolute Gasteiger partial charge is 0.255 e. The van der Waals surface area contributed by atoms with Gasteiger partial charge in [0.15, 0.2) is 0 Å². The molecule has 0 aliphatic carbocycles. The summed E-state index contributed by atoms with van der Waals surface area (Å²) >= 11 is 6.07. The van der Waals surface area contributed by atoms with E-state index in [9.17, 15) is 4.79 Å². The predicted octanol–water partition coefficient (Wildman–Crippen LogP) is 2.70. The standard InChI is InChI=1S/C18H20ClN3O2/c1-24-15-4-2-14(3-5-15)13-21-8-10-22(11-9-21)18(23)16-6-7-20-12-17(16)19/h2-7,12H,8-11,13H2,1H3. The summed E-state index contributed by atoms with van der Waals surface area (Å²) in [6.45, 7) is 3.98. The van der Waals surface area contributed by atoms with Gasteiger partial charge in [-0.15, -0.1) is 0 Å². The third-order valence-electron chi connectivity index (χ3n) is 4.23. The van der Waals surface area contributed by atoms with Gasteiger partial charge in [-0.05, 0) is 23.8 Å². The molecule has 5 nitrogen and oxygen atoms in total. The third-order valence-corrected chi connectivity index (χ3v) is 4.53. The van der Waals surface area contributed by atoms with Gasteiger partial charge in [-0.2, -0.15) is 0 Å². The highest BCUT2D eigenvalue weighted by molar-refractivity contribution is 6.33. The molecule has 1 aromatic carbocycles. The average molecular weight is 346 g/mol. The fraction of sp³-hybridized carbons (Fsp3) is 0.333. The van der Waals surface area contributed by atoms with Crippen LogP contribution in [0.4, 0.5) is 0 Å². The number of pyridine rings is 1. The van der Waals surface area contributed by atoms with E-state index in [1.165, 1.54) is 11.8 Å². The van der Waals surface area contributed by atoms with E-state index in [0.29, 0.717) is 23.7 Å². The molecule has 1 amide bonds. The third kappa shape index (κ3) is 3.86. The van der Waals surface area contributed by atoms with Gasteiger partial charge in [0.05, 0.1) is 17.7 Å². The highest BCUT2D eigenvalue weighted by Crippen LogP contribution is 2.18. The van der Waals surface area contributed by atoms with Crippen LogP contribution >= 0.6 is 11.6 Å². The molecule has 0 bridgehead atoms. The number of rotatable bonds is 4. The molecule has 1 aromatic heterocycles. The van der Waals surface area contributed by atoms with Crippen LogP contribution in [0, 0.1) is 0 Å². The summed E-state index contributed by atoms with van der Waals surface area (Å²) in [7, 11) is 1.67. The normalized spacial score (nSPS) is 15.3. The Labute approximate surface area is 146 Å². The van der Waals surface area contributed by atoms with Crippen molar-refractivity contribution in [2.45, 2.75) is 6.54 Å². The lowest BCUT2D eigenvalue weighted by atomic mass is 10.1. The van der Waals surface area contributed by atoms with Gasteiger partial charge in [-0.3, -0.25) is 14.7 Å². The van der Waals surface area contributed by atoms with Crippen molar-refractivity contribution in [3.63, 3.8) is 0 Å². The molecule has 2 aromatic rings. The molecular weight excluding hydrogens is 326 g/mol. The SMILES string of the molecule is COc1ccc(CN2CCN(C(=O)c3ccncc3Cl)CC2)cc1. The molecule has 126 valence electrons. The first-order valence-corrected chi connectivity index (χ1v) is 8.29. The number of ether oxygens (including phenoxy) is 1. The first-order chi connectivity index (χ1) is 11.7. The van der Waals surface area contributed by atoms with Crippen molar-refractivity contribution in [2.24, 2.45) is 0 Å². The van der Waals surface area contributed by atoms with Crippen LogP contribution < -0.4 is 4.74 Å². The van der Waals surface area contributed by atoms with E-state index in [4.69, 9.17) is 16.3 Å². The number of hydrogen-bond donors (Lipinski definition) is 0. The fourth-order valence-electron chi connectivity index (χ4n) is 2.82. The quantitative estimate of drug-likeness (QED) is 0.854. The molecule has 1 aliphatic heterocycles. The average Bonchev–Trinajstić information content (AvgIpc) is 2.63. The van der Waals surface area contributed by atoms with Crippen molar-refractivity contribution in [1.29, 1.82) is 0 Å². The lowest BCUT2D eigenvalue weighted by molar-refractivity contribution is 0.0628. The summed E-state index contributed by atoms with van der Waals surface area (Å²) in [5, 5.41) is 0.406. The predicted molar refractivity (Wildman–Crippen MR) is 93.4 cm³/mol. The van der Waals surface area contributed by atoms with Crippen molar-refractivity contribution >= 4 is 17.5 Å². The monoisotopic (exact) mass is 345 g/mol. The summed E-state index contributed by atoms with van der Waals surface area (Å²) in [5.41, 5.74) is 1.77. The number of nitrogens with zero attached hydrogens (tertiary/aromatic N) is 3. The maximum Gasteiger partial charge on any atom is 0.255 e. The number of carbonyl (C=O) groups is 1. The molecule has 3 rings (SSSR count). The first kappa shape index (κ1) is 16.7. The molecular formula is C18H20ClN3O2. The number of aromatic nitrogens is 1. The van der Waals surface area contributed by atoms with Gasteiger partial charge in [0.25, 0.3) is 5.91 Å². The number of amides is 1. The van der Waals surface area contributed by atoms with Crippen molar-refractivity contribution < 1.29 is 9.53 Å². The van der Waals surface area contributed by atoms with Crippen LogP contribution in [0.1, 0.15) is 15.9 Å². The second-order valence-electron chi connectivity index (χ2n) is 5.77. The van der Waals surface area contributed by atoms with E-state index in [1.54, 1.807) is 19.4 Å². The zero-order valence-electron chi connectivity index (χ0n) is 13.6. The molecule has 0 unspecified atom stereocenters. The molecule has 6 heteroatoms. The fourth-order valence-corrected chi connectivity index (χ4v) is 3.02. The molecule has 0 saturated carbocycles. The molecule has 1 saturated heterocycles. The molecule has 2 heterocycles. The Balaban J connectivity index is 1.55. The van der Waals surface area contributed by atoms with Crippen molar-refractivity contribution in [1.82, 2.24) is 14.8 Å². The van der Waals surface area contributed by atoms with E-state index in [-0.39, 0.29) is 5.91 Å². The lowest BCUT2D eigenvalue weighted by Crippen LogP contribution is -2.48. The summed E-state index contributed by atoms with van der Waals surface area (Å²) in [5.74, 6) is 0.842. The van der Waals surface area contributed by atoms with Gasteiger partial charge in [-0.1, -0.05) is 23.7 Å². The molecule has 0 N–H and O–H groups in total. The van der Waals surface area contributed by atoms with E-state index >= 15 is 0 Å².